The van der Waals surface area contributed by atoms with E-state index in [-0.39, 0.29) is 30.7 Å². The largest absolute Gasteiger partial charge is 0.494 e. The number of carbonyl (C=O) groups excluding carboxylic acids is 1. The molecule has 0 radical (unpaired) electrons. The Labute approximate surface area is 232 Å². The van der Waals surface area contributed by atoms with Gasteiger partial charge in [-0.1, -0.05) is 59.9 Å². The second-order valence-corrected chi connectivity index (χ2v) is 8.99. The second-order valence-electron chi connectivity index (χ2n) is 7.99. The lowest BCUT2D eigenvalue weighted by molar-refractivity contribution is 0.102. The molecule has 2 N–H and O–H groups in total. The number of hydrogen-bond donors (Lipinski definition) is 2. The Balaban J connectivity index is 0.00000190. The van der Waals surface area contributed by atoms with E-state index < -0.39 is 0 Å². The van der Waals surface area contributed by atoms with Crippen LogP contribution >= 0.6 is 36.2 Å². The van der Waals surface area contributed by atoms with Crippen molar-refractivity contribution in [2.75, 3.05) is 12.4 Å². The van der Waals surface area contributed by atoms with Crippen LogP contribution in [-0.4, -0.2) is 23.0 Å². The molecule has 0 aliphatic heterocycles. The molecule has 37 heavy (non-hydrogen) atoms. The van der Waals surface area contributed by atoms with Crippen molar-refractivity contribution in [3.05, 3.63) is 108 Å². The summed E-state index contributed by atoms with van der Waals surface area (Å²) in [7, 11) is 1.63. The van der Waals surface area contributed by atoms with Crippen LogP contribution < -0.4 is 15.4 Å². The predicted molar refractivity (Wildman–Crippen MR) is 155 cm³/mol. The molecule has 3 aromatic carbocycles. The van der Waals surface area contributed by atoms with Crippen LogP contribution in [0.1, 0.15) is 21.5 Å². The summed E-state index contributed by atoms with van der Waals surface area (Å²) in [5, 5.41) is 6.88. The molecule has 2 aromatic heterocycles. The minimum absolute atomic E-state index is 0. The fourth-order valence-corrected chi connectivity index (χ4v) is 4.86. The van der Waals surface area contributed by atoms with Crippen LogP contribution in [0.2, 0.25) is 0 Å². The maximum Gasteiger partial charge on any atom is 0.257 e. The first kappa shape index (κ1) is 28.1. The van der Waals surface area contributed by atoms with Gasteiger partial charge in [-0.3, -0.25) is 15.1 Å². The zero-order chi connectivity index (χ0) is 24.0. The van der Waals surface area contributed by atoms with Crippen molar-refractivity contribution < 1.29 is 9.53 Å². The Bertz CT molecular complexity index is 1450. The lowest BCUT2D eigenvalue weighted by Gasteiger charge is -2.06. The van der Waals surface area contributed by atoms with Crippen molar-refractivity contribution in [2.45, 2.75) is 13.1 Å². The van der Waals surface area contributed by atoms with Gasteiger partial charge in [-0.2, -0.15) is 0 Å². The molecule has 0 atom stereocenters. The number of thiazole rings is 1. The Hall–Kier alpha value is -3.49. The highest BCUT2D eigenvalue weighted by Gasteiger charge is 2.16. The number of fused-ring (bicyclic) bond motifs is 1. The minimum atomic E-state index is -0.195. The van der Waals surface area contributed by atoms with E-state index in [1.54, 1.807) is 13.3 Å². The molecule has 5 rings (SSSR count). The normalized spacial score (nSPS) is 10.3. The summed E-state index contributed by atoms with van der Waals surface area (Å²) in [4.78, 5) is 21.7. The third-order valence-electron chi connectivity index (χ3n) is 5.63. The maximum atomic E-state index is 12.9. The van der Waals surface area contributed by atoms with E-state index in [1.165, 1.54) is 11.3 Å². The zero-order valence-electron chi connectivity index (χ0n) is 20.0. The topological polar surface area (TPSA) is 76.1 Å². The lowest BCUT2D eigenvalue weighted by Crippen LogP contribution is -2.14. The standard InChI is InChI=1S/C28H24N4O2S.2ClH/c1-34-24-14-13-23(21-7-3-2-4-8-21)26-25(24)31-28(35-26)32-27(33)22-11-9-19(10-12-22)16-30-18-20-6-5-15-29-17-20;;/h2-15,17,30H,16,18H2,1H3,(H,31,32,33);2*1H. The van der Waals surface area contributed by atoms with Gasteiger partial charge >= 0.3 is 0 Å². The van der Waals surface area contributed by atoms with E-state index in [9.17, 15) is 4.79 Å². The summed E-state index contributed by atoms with van der Waals surface area (Å²) >= 11 is 1.45. The minimum Gasteiger partial charge on any atom is -0.494 e. The smallest absolute Gasteiger partial charge is 0.257 e. The summed E-state index contributed by atoms with van der Waals surface area (Å²) in [6.45, 7) is 1.44. The van der Waals surface area contributed by atoms with Crippen molar-refractivity contribution in [3.8, 4) is 16.9 Å². The molecule has 190 valence electrons. The molecule has 0 unspecified atom stereocenters. The monoisotopic (exact) mass is 552 g/mol. The SMILES string of the molecule is COc1ccc(-c2ccccc2)c2sc(NC(=O)c3ccc(CNCc4cccnc4)cc3)nc12.Cl.Cl. The van der Waals surface area contributed by atoms with Crippen LogP contribution in [0.3, 0.4) is 0 Å². The Morgan fingerprint density at radius 1 is 0.892 bits per heavy atom. The van der Waals surface area contributed by atoms with Crippen molar-refractivity contribution in [3.63, 3.8) is 0 Å². The third kappa shape index (κ3) is 6.64. The number of anilines is 1. The van der Waals surface area contributed by atoms with Gasteiger partial charge in [-0.05, 0) is 47.0 Å². The molecular weight excluding hydrogens is 527 g/mol. The van der Waals surface area contributed by atoms with E-state index in [0.717, 1.165) is 39.0 Å². The van der Waals surface area contributed by atoms with Crippen molar-refractivity contribution in [1.82, 2.24) is 15.3 Å². The molecule has 6 nitrogen and oxygen atoms in total. The number of ether oxygens (including phenoxy) is 1. The third-order valence-corrected chi connectivity index (χ3v) is 6.63. The van der Waals surface area contributed by atoms with Crippen LogP contribution in [0, 0.1) is 0 Å². The molecular formula is C28H26Cl2N4O2S. The average molecular weight is 554 g/mol. The van der Waals surface area contributed by atoms with Gasteiger partial charge in [0, 0.05) is 36.6 Å². The molecule has 1 amide bonds. The van der Waals surface area contributed by atoms with E-state index in [0.29, 0.717) is 23.0 Å². The molecule has 0 aliphatic rings. The summed E-state index contributed by atoms with van der Waals surface area (Å²) in [6, 6.07) is 25.6. The molecule has 9 heteroatoms. The van der Waals surface area contributed by atoms with E-state index in [2.05, 4.69) is 32.7 Å². The number of aromatic nitrogens is 2. The Kier molecular flexibility index (Phi) is 10.00. The van der Waals surface area contributed by atoms with Gasteiger partial charge in [0.25, 0.3) is 5.91 Å². The molecule has 0 saturated carbocycles. The van der Waals surface area contributed by atoms with Crippen LogP contribution in [0.4, 0.5) is 5.13 Å². The molecule has 0 aliphatic carbocycles. The summed E-state index contributed by atoms with van der Waals surface area (Å²) in [6.07, 6.45) is 3.61. The van der Waals surface area contributed by atoms with E-state index in [4.69, 9.17) is 4.74 Å². The van der Waals surface area contributed by atoms with Crippen LogP contribution in [0.15, 0.2) is 91.3 Å². The number of nitrogens with zero attached hydrogens (tertiary/aromatic N) is 2. The quantitative estimate of drug-likeness (QED) is 0.222. The van der Waals surface area contributed by atoms with Gasteiger partial charge in [-0.25, -0.2) is 4.98 Å². The number of methoxy groups -OCH3 is 1. The molecule has 0 bridgehead atoms. The molecule has 2 heterocycles. The Morgan fingerprint density at radius 3 is 2.35 bits per heavy atom. The fourth-order valence-electron chi connectivity index (χ4n) is 3.84. The first-order chi connectivity index (χ1) is 17.2. The van der Waals surface area contributed by atoms with Gasteiger partial charge in [0.2, 0.25) is 0 Å². The van der Waals surface area contributed by atoms with Crippen LogP contribution in [0.25, 0.3) is 21.3 Å². The van der Waals surface area contributed by atoms with Gasteiger partial charge < -0.3 is 10.1 Å². The fraction of sp³-hybridized carbons (Fsp3) is 0.107. The van der Waals surface area contributed by atoms with Gasteiger partial charge in [-0.15, -0.1) is 24.8 Å². The lowest BCUT2D eigenvalue weighted by atomic mass is 10.1. The first-order valence-electron chi connectivity index (χ1n) is 11.2. The number of benzene rings is 3. The van der Waals surface area contributed by atoms with Gasteiger partial charge in [0.15, 0.2) is 5.13 Å². The number of rotatable bonds is 8. The van der Waals surface area contributed by atoms with Crippen LogP contribution in [0.5, 0.6) is 5.75 Å². The highest BCUT2D eigenvalue weighted by molar-refractivity contribution is 7.23. The predicted octanol–water partition coefficient (Wildman–Crippen LogP) is 6.75. The Morgan fingerprint density at radius 2 is 1.65 bits per heavy atom. The summed E-state index contributed by atoms with van der Waals surface area (Å²) in [5.41, 5.74) is 5.70. The average Bonchev–Trinajstić information content (AvgIpc) is 3.33. The number of hydrogen-bond acceptors (Lipinski definition) is 6. The van der Waals surface area contributed by atoms with Crippen LogP contribution in [-0.2, 0) is 13.1 Å². The molecule has 0 saturated heterocycles. The second kappa shape index (κ2) is 13.2. The number of pyridine rings is 1. The van der Waals surface area contributed by atoms with Gasteiger partial charge in [0.1, 0.15) is 11.3 Å². The maximum absolute atomic E-state index is 12.9. The number of halogens is 2. The molecule has 0 spiro atoms. The summed E-state index contributed by atoms with van der Waals surface area (Å²) < 4.78 is 6.49. The first-order valence-corrected chi connectivity index (χ1v) is 12.1. The van der Waals surface area contributed by atoms with Crippen molar-refractivity contribution >= 4 is 57.4 Å². The van der Waals surface area contributed by atoms with Gasteiger partial charge in [0.05, 0.1) is 11.8 Å². The zero-order valence-corrected chi connectivity index (χ0v) is 22.5. The highest BCUT2D eigenvalue weighted by Crippen LogP contribution is 2.39. The van der Waals surface area contributed by atoms with Crippen molar-refractivity contribution in [2.24, 2.45) is 0 Å². The highest BCUT2D eigenvalue weighted by atomic mass is 35.5. The van der Waals surface area contributed by atoms with Crippen molar-refractivity contribution in [1.29, 1.82) is 0 Å². The number of amides is 1. The van der Waals surface area contributed by atoms with E-state index in [1.807, 2.05) is 72.9 Å². The molecule has 0 fully saturated rings. The summed E-state index contributed by atoms with van der Waals surface area (Å²) in [5.74, 6) is 0.485. The number of nitrogens with one attached hydrogen (secondary N) is 2. The van der Waals surface area contributed by atoms with E-state index >= 15 is 0 Å². The number of carbonyl (C=O) groups is 1. The molecule has 5 aromatic rings.